The van der Waals surface area contributed by atoms with E-state index in [1.807, 2.05) is 6.92 Å². The molecule has 2 aliphatic rings. The second kappa shape index (κ2) is 7.84. The predicted molar refractivity (Wildman–Crippen MR) is 102 cm³/mol. The zero-order chi connectivity index (χ0) is 18.8. The van der Waals surface area contributed by atoms with Gasteiger partial charge in [-0.1, -0.05) is 24.4 Å². The van der Waals surface area contributed by atoms with Crippen LogP contribution >= 0.6 is 11.3 Å². The molecule has 4 rings (SSSR count). The minimum Gasteiger partial charge on any atom is -0.454 e. The maximum atomic E-state index is 12.8. The quantitative estimate of drug-likeness (QED) is 0.767. The minimum atomic E-state index is -0.401. The lowest BCUT2D eigenvalue weighted by atomic mass is 9.89. The van der Waals surface area contributed by atoms with Crippen molar-refractivity contribution in [1.82, 2.24) is 5.16 Å². The van der Waals surface area contributed by atoms with Crippen molar-refractivity contribution in [3.63, 3.8) is 0 Å². The molecule has 2 aromatic rings. The van der Waals surface area contributed by atoms with E-state index in [1.165, 1.54) is 22.6 Å². The van der Waals surface area contributed by atoms with Crippen molar-refractivity contribution in [3.8, 4) is 0 Å². The fourth-order valence-electron chi connectivity index (χ4n) is 3.98. The molecule has 2 heterocycles. The summed E-state index contributed by atoms with van der Waals surface area (Å²) in [6, 6.07) is 1.75. The van der Waals surface area contributed by atoms with Crippen LogP contribution in [0.1, 0.15) is 70.8 Å². The van der Waals surface area contributed by atoms with E-state index < -0.39 is 5.97 Å². The number of rotatable bonds is 5. The molecule has 1 amide bonds. The largest absolute Gasteiger partial charge is 0.454 e. The summed E-state index contributed by atoms with van der Waals surface area (Å²) in [6.45, 7) is 1.86. The fourth-order valence-corrected chi connectivity index (χ4v) is 5.26. The van der Waals surface area contributed by atoms with Gasteiger partial charge in [0.15, 0.2) is 12.4 Å². The number of aryl methyl sites for hydroxylation is 2. The van der Waals surface area contributed by atoms with Crippen LogP contribution in [0.25, 0.3) is 0 Å². The molecule has 1 fully saturated rings. The molecule has 1 N–H and O–H groups in total. The number of nitrogens with zero attached hydrogens (tertiary/aromatic N) is 1. The van der Waals surface area contributed by atoms with Gasteiger partial charge in [0.25, 0.3) is 0 Å². The molecule has 6 nitrogen and oxygen atoms in total. The van der Waals surface area contributed by atoms with Crippen molar-refractivity contribution in [2.24, 2.45) is 5.92 Å². The Morgan fingerprint density at radius 2 is 2.07 bits per heavy atom. The van der Waals surface area contributed by atoms with Crippen LogP contribution in [0.2, 0.25) is 0 Å². The molecule has 0 unspecified atom stereocenters. The summed E-state index contributed by atoms with van der Waals surface area (Å²) in [5.41, 5.74) is 2.32. The van der Waals surface area contributed by atoms with Crippen LogP contribution in [0.3, 0.4) is 0 Å². The van der Waals surface area contributed by atoms with E-state index in [1.54, 1.807) is 6.07 Å². The SMILES string of the molecule is Cc1cc(COC(=O)c2c(NC(=O)C3CCCCC3)sc3c2CCC3)on1. The molecule has 0 aliphatic heterocycles. The van der Waals surface area contributed by atoms with Crippen molar-refractivity contribution in [2.45, 2.75) is 64.9 Å². The summed E-state index contributed by atoms with van der Waals surface area (Å²) in [7, 11) is 0. The van der Waals surface area contributed by atoms with Crippen LogP contribution in [0.15, 0.2) is 10.6 Å². The van der Waals surface area contributed by atoms with E-state index in [4.69, 9.17) is 9.26 Å². The molecule has 2 aliphatic carbocycles. The normalized spacial score (nSPS) is 16.9. The molecule has 0 spiro atoms. The monoisotopic (exact) mass is 388 g/mol. The van der Waals surface area contributed by atoms with Gasteiger partial charge < -0.3 is 14.6 Å². The molecule has 0 atom stereocenters. The van der Waals surface area contributed by atoms with Crippen LogP contribution in [0.4, 0.5) is 5.00 Å². The van der Waals surface area contributed by atoms with E-state index in [0.717, 1.165) is 56.2 Å². The standard InChI is InChI=1S/C20H24N2O4S/c1-12-10-14(26-22-12)11-25-20(24)17-15-8-5-9-16(15)27-19(17)21-18(23)13-6-3-2-4-7-13/h10,13H,2-9,11H2,1H3,(H,21,23). The Hall–Kier alpha value is -2.15. The highest BCUT2D eigenvalue weighted by Gasteiger charge is 2.30. The van der Waals surface area contributed by atoms with Gasteiger partial charge in [0.05, 0.1) is 11.3 Å². The highest BCUT2D eigenvalue weighted by atomic mass is 32.1. The number of thiophene rings is 1. The van der Waals surface area contributed by atoms with Crippen molar-refractivity contribution in [2.75, 3.05) is 5.32 Å². The van der Waals surface area contributed by atoms with Crippen molar-refractivity contribution in [3.05, 3.63) is 33.5 Å². The molecule has 7 heteroatoms. The highest BCUT2D eigenvalue weighted by molar-refractivity contribution is 7.17. The van der Waals surface area contributed by atoms with Gasteiger partial charge in [-0.15, -0.1) is 11.3 Å². The summed E-state index contributed by atoms with van der Waals surface area (Å²) in [5.74, 6) is 0.203. The number of hydrogen-bond donors (Lipinski definition) is 1. The number of ether oxygens (including phenoxy) is 1. The third-order valence-corrected chi connectivity index (χ3v) is 6.57. The van der Waals surface area contributed by atoms with Crippen LogP contribution in [0.5, 0.6) is 0 Å². The molecule has 1 saturated carbocycles. The van der Waals surface area contributed by atoms with E-state index >= 15 is 0 Å². The lowest BCUT2D eigenvalue weighted by Gasteiger charge is -2.20. The number of aromatic nitrogens is 1. The van der Waals surface area contributed by atoms with Crippen molar-refractivity contribution in [1.29, 1.82) is 0 Å². The number of esters is 1. The number of nitrogens with one attached hydrogen (secondary N) is 1. The Morgan fingerprint density at radius 3 is 2.81 bits per heavy atom. The summed E-state index contributed by atoms with van der Waals surface area (Å²) < 4.78 is 10.6. The van der Waals surface area contributed by atoms with Gasteiger partial charge >= 0.3 is 5.97 Å². The molecular formula is C20H24N2O4S. The first kappa shape index (κ1) is 18.2. The second-order valence-electron chi connectivity index (χ2n) is 7.40. The van der Waals surface area contributed by atoms with Crippen molar-refractivity contribution < 1.29 is 18.8 Å². The van der Waals surface area contributed by atoms with Crippen LogP contribution in [0, 0.1) is 12.8 Å². The van der Waals surface area contributed by atoms with Gasteiger partial charge in [-0.2, -0.15) is 0 Å². The number of fused-ring (bicyclic) bond motifs is 1. The topological polar surface area (TPSA) is 81.4 Å². The zero-order valence-corrected chi connectivity index (χ0v) is 16.3. The number of amides is 1. The van der Waals surface area contributed by atoms with E-state index in [0.29, 0.717) is 16.3 Å². The van der Waals surface area contributed by atoms with Gasteiger partial charge in [-0.3, -0.25) is 4.79 Å². The van der Waals surface area contributed by atoms with Gasteiger partial charge in [-0.25, -0.2) is 4.79 Å². The Bertz CT molecular complexity index is 848. The van der Waals surface area contributed by atoms with Crippen molar-refractivity contribution >= 4 is 28.2 Å². The lowest BCUT2D eigenvalue weighted by molar-refractivity contribution is -0.120. The van der Waals surface area contributed by atoms with Gasteiger partial charge in [0.2, 0.25) is 5.91 Å². The van der Waals surface area contributed by atoms with E-state index in [9.17, 15) is 9.59 Å². The maximum absolute atomic E-state index is 12.8. The zero-order valence-electron chi connectivity index (χ0n) is 15.5. The molecule has 0 saturated heterocycles. The Morgan fingerprint density at radius 1 is 1.26 bits per heavy atom. The third kappa shape index (κ3) is 3.93. The molecule has 27 heavy (non-hydrogen) atoms. The van der Waals surface area contributed by atoms with E-state index in [-0.39, 0.29) is 18.4 Å². The fraction of sp³-hybridized carbons (Fsp3) is 0.550. The van der Waals surface area contributed by atoms with Crippen LogP contribution in [-0.4, -0.2) is 17.0 Å². The van der Waals surface area contributed by atoms with Gasteiger partial charge in [0.1, 0.15) is 5.00 Å². The number of carbonyl (C=O) groups excluding carboxylic acids is 2. The minimum absolute atomic E-state index is 0.0366. The summed E-state index contributed by atoms with van der Waals surface area (Å²) >= 11 is 1.53. The summed E-state index contributed by atoms with van der Waals surface area (Å²) in [5, 5.41) is 7.49. The molecule has 0 bridgehead atoms. The predicted octanol–water partition coefficient (Wildman–Crippen LogP) is 4.41. The smallest absolute Gasteiger partial charge is 0.341 e. The first-order valence-corrected chi connectivity index (χ1v) is 10.5. The van der Waals surface area contributed by atoms with Crippen LogP contribution in [-0.2, 0) is 29.0 Å². The van der Waals surface area contributed by atoms with Gasteiger partial charge in [0, 0.05) is 16.9 Å². The Balaban J connectivity index is 1.50. The summed E-state index contributed by atoms with van der Waals surface area (Å²) in [6.07, 6.45) is 8.13. The summed E-state index contributed by atoms with van der Waals surface area (Å²) in [4.78, 5) is 26.7. The third-order valence-electron chi connectivity index (χ3n) is 5.36. The molecular weight excluding hydrogens is 364 g/mol. The van der Waals surface area contributed by atoms with E-state index in [2.05, 4.69) is 10.5 Å². The average molecular weight is 388 g/mol. The first-order chi connectivity index (χ1) is 13.1. The highest BCUT2D eigenvalue weighted by Crippen LogP contribution is 2.40. The molecule has 0 aromatic carbocycles. The molecule has 144 valence electrons. The Labute approximate surface area is 162 Å². The lowest BCUT2D eigenvalue weighted by Crippen LogP contribution is -2.25. The number of hydrogen-bond acceptors (Lipinski definition) is 6. The molecule has 0 radical (unpaired) electrons. The van der Waals surface area contributed by atoms with Gasteiger partial charge in [-0.05, 0) is 44.6 Å². The maximum Gasteiger partial charge on any atom is 0.341 e. The Kier molecular flexibility index (Phi) is 5.29. The second-order valence-corrected chi connectivity index (χ2v) is 8.50. The first-order valence-electron chi connectivity index (χ1n) is 9.66. The van der Waals surface area contributed by atoms with Crippen LogP contribution < -0.4 is 5.32 Å². The molecule has 2 aromatic heterocycles. The number of carbonyl (C=O) groups is 2. The number of anilines is 1. The average Bonchev–Trinajstić information content (AvgIpc) is 3.36.